The van der Waals surface area contributed by atoms with E-state index in [1.807, 2.05) is 24.3 Å². The number of hydrogen-bond donors (Lipinski definition) is 0. The lowest BCUT2D eigenvalue weighted by atomic mass is 10.2. The Balaban J connectivity index is 1.80. The highest BCUT2D eigenvalue weighted by molar-refractivity contribution is 9.10. The third-order valence-electron chi connectivity index (χ3n) is 3.99. The second-order valence-corrected chi connectivity index (χ2v) is 10.2. The fourth-order valence-electron chi connectivity index (χ4n) is 2.75. The van der Waals surface area contributed by atoms with Crippen LogP contribution in [0, 0.1) is 0 Å². The number of rotatable bonds is 4. The van der Waals surface area contributed by atoms with E-state index in [0.29, 0.717) is 35.0 Å². The zero-order valence-electron chi connectivity index (χ0n) is 13.2. The van der Waals surface area contributed by atoms with Crippen molar-refractivity contribution in [1.29, 1.82) is 0 Å². The quantitative estimate of drug-likeness (QED) is 0.646. The van der Waals surface area contributed by atoms with Crippen molar-refractivity contribution >= 4 is 66.2 Å². The van der Waals surface area contributed by atoms with Gasteiger partial charge in [-0.05, 0) is 28.1 Å². The largest absolute Gasteiger partial charge is 0.495 e. The number of thiophene rings is 1. The molecule has 0 N–H and O–H groups in total. The Morgan fingerprint density at radius 1 is 1.12 bits per heavy atom. The van der Waals surface area contributed by atoms with Crippen molar-refractivity contribution in [3.8, 4) is 5.75 Å². The first-order valence-corrected chi connectivity index (χ1v) is 11.2. The first-order valence-electron chi connectivity index (χ1n) is 7.37. The number of para-hydroxylation sites is 2. The molecule has 0 spiro atoms. The van der Waals surface area contributed by atoms with Crippen LogP contribution in [0.15, 0.2) is 33.6 Å². The summed E-state index contributed by atoms with van der Waals surface area (Å²) in [6.07, 6.45) is 0. The molecule has 1 aromatic carbocycles. The zero-order chi connectivity index (χ0) is 18.2. The molecule has 1 saturated heterocycles. The lowest BCUT2D eigenvalue weighted by molar-refractivity contribution is 0.378. The Bertz CT molecular complexity index is 881. The summed E-state index contributed by atoms with van der Waals surface area (Å²) in [5, 5.41) is 0. The van der Waals surface area contributed by atoms with Crippen LogP contribution in [0.5, 0.6) is 5.75 Å². The van der Waals surface area contributed by atoms with Gasteiger partial charge >= 0.3 is 0 Å². The van der Waals surface area contributed by atoms with Gasteiger partial charge < -0.3 is 9.64 Å². The van der Waals surface area contributed by atoms with Gasteiger partial charge in [-0.3, -0.25) is 0 Å². The molecule has 2 heterocycles. The molecule has 2 aromatic rings. The molecular formula is C15H15BrCl2N2O3S2. The molecule has 1 aliphatic heterocycles. The van der Waals surface area contributed by atoms with E-state index in [1.165, 1.54) is 4.31 Å². The van der Waals surface area contributed by atoms with E-state index in [1.54, 1.807) is 7.11 Å². The highest BCUT2D eigenvalue weighted by Gasteiger charge is 2.34. The first kappa shape index (κ1) is 19.3. The maximum atomic E-state index is 12.9. The summed E-state index contributed by atoms with van der Waals surface area (Å²) in [5.74, 6) is 0.772. The van der Waals surface area contributed by atoms with Crippen LogP contribution >= 0.6 is 50.5 Å². The van der Waals surface area contributed by atoms with E-state index in [0.717, 1.165) is 22.8 Å². The number of piperazine rings is 1. The molecule has 0 unspecified atom stereocenters. The third kappa shape index (κ3) is 3.65. The minimum Gasteiger partial charge on any atom is -0.495 e. The Kier molecular flexibility index (Phi) is 5.87. The van der Waals surface area contributed by atoms with Crippen molar-refractivity contribution in [1.82, 2.24) is 4.31 Å². The fraction of sp³-hybridized carbons (Fsp3) is 0.333. The van der Waals surface area contributed by atoms with E-state index in [9.17, 15) is 8.42 Å². The summed E-state index contributed by atoms with van der Waals surface area (Å²) >= 11 is 16.4. The van der Waals surface area contributed by atoms with E-state index < -0.39 is 10.0 Å². The number of anilines is 1. The van der Waals surface area contributed by atoms with E-state index in [4.69, 9.17) is 27.9 Å². The van der Waals surface area contributed by atoms with E-state index >= 15 is 0 Å². The van der Waals surface area contributed by atoms with Gasteiger partial charge in [-0.2, -0.15) is 4.31 Å². The predicted molar refractivity (Wildman–Crippen MR) is 106 cm³/mol. The Morgan fingerprint density at radius 2 is 1.76 bits per heavy atom. The lowest BCUT2D eigenvalue weighted by Gasteiger charge is -2.35. The summed E-state index contributed by atoms with van der Waals surface area (Å²) in [4.78, 5) is 2.16. The molecule has 0 radical (unpaired) electrons. The number of sulfonamides is 1. The van der Waals surface area contributed by atoms with Crippen molar-refractivity contribution in [2.75, 3.05) is 38.2 Å². The van der Waals surface area contributed by atoms with E-state index in [-0.39, 0.29) is 9.23 Å². The summed E-state index contributed by atoms with van der Waals surface area (Å²) < 4.78 is 33.5. The minimum absolute atomic E-state index is 0.0508. The van der Waals surface area contributed by atoms with Crippen molar-refractivity contribution in [3.05, 3.63) is 37.4 Å². The smallest absolute Gasteiger partial charge is 0.246 e. The van der Waals surface area contributed by atoms with Crippen molar-refractivity contribution in [2.24, 2.45) is 0 Å². The number of methoxy groups -OCH3 is 1. The van der Waals surface area contributed by atoms with Crippen LogP contribution in [-0.4, -0.2) is 46.0 Å². The molecule has 0 bridgehead atoms. The number of benzene rings is 1. The van der Waals surface area contributed by atoms with Gasteiger partial charge in [0, 0.05) is 26.2 Å². The summed E-state index contributed by atoms with van der Waals surface area (Å²) in [7, 11) is -2.08. The van der Waals surface area contributed by atoms with Gasteiger partial charge in [0.25, 0.3) is 0 Å². The van der Waals surface area contributed by atoms with Crippen LogP contribution in [0.25, 0.3) is 0 Å². The fourth-order valence-corrected chi connectivity index (χ4v) is 7.65. The topological polar surface area (TPSA) is 49.9 Å². The highest BCUT2D eigenvalue weighted by atomic mass is 79.9. The van der Waals surface area contributed by atoms with Gasteiger partial charge in [-0.25, -0.2) is 8.42 Å². The maximum Gasteiger partial charge on any atom is 0.246 e. The molecule has 0 saturated carbocycles. The molecule has 1 aromatic heterocycles. The second kappa shape index (κ2) is 7.62. The molecule has 1 fully saturated rings. The van der Waals surface area contributed by atoms with Crippen molar-refractivity contribution in [3.63, 3.8) is 0 Å². The maximum absolute atomic E-state index is 12.9. The van der Waals surface area contributed by atoms with Gasteiger partial charge in [0.1, 0.15) is 19.3 Å². The normalized spacial score (nSPS) is 16.2. The van der Waals surface area contributed by atoms with Gasteiger partial charge in [-0.15, -0.1) is 11.3 Å². The van der Waals surface area contributed by atoms with Crippen molar-refractivity contribution in [2.45, 2.75) is 4.90 Å². The average molecular weight is 486 g/mol. The van der Waals surface area contributed by atoms with Gasteiger partial charge in [0.05, 0.1) is 17.3 Å². The van der Waals surface area contributed by atoms with Crippen LogP contribution < -0.4 is 9.64 Å². The molecule has 25 heavy (non-hydrogen) atoms. The lowest BCUT2D eigenvalue weighted by Crippen LogP contribution is -2.48. The number of hydrogen-bond acceptors (Lipinski definition) is 5. The minimum atomic E-state index is -3.70. The van der Waals surface area contributed by atoms with Crippen LogP contribution in [0.4, 0.5) is 5.69 Å². The molecule has 10 heteroatoms. The average Bonchev–Trinajstić information content (AvgIpc) is 2.87. The second-order valence-electron chi connectivity index (χ2n) is 5.36. The van der Waals surface area contributed by atoms with Gasteiger partial charge in [-0.1, -0.05) is 35.3 Å². The van der Waals surface area contributed by atoms with Crippen LogP contribution in [0.1, 0.15) is 0 Å². The molecule has 0 atom stereocenters. The molecule has 136 valence electrons. The Morgan fingerprint density at radius 3 is 2.32 bits per heavy atom. The predicted octanol–water partition coefficient (Wildman–Crippen LogP) is 4.34. The number of ether oxygens (including phenoxy) is 1. The Hall–Kier alpha value is -0.510. The monoisotopic (exact) mass is 484 g/mol. The van der Waals surface area contributed by atoms with Gasteiger partial charge in [0.15, 0.2) is 0 Å². The highest BCUT2D eigenvalue weighted by Crippen LogP contribution is 2.44. The summed E-state index contributed by atoms with van der Waals surface area (Å²) in [6, 6.07) is 7.70. The summed E-state index contributed by atoms with van der Waals surface area (Å²) in [5.41, 5.74) is 0.958. The number of halogens is 3. The zero-order valence-corrected chi connectivity index (χ0v) is 17.9. The molecule has 5 nitrogen and oxygen atoms in total. The van der Waals surface area contributed by atoms with Crippen LogP contribution in [-0.2, 0) is 10.0 Å². The molecular weight excluding hydrogens is 471 g/mol. The Labute approximate surface area is 169 Å². The summed E-state index contributed by atoms with van der Waals surface area (Å²) in [6.45, 7) is 1.84. The molecule has 0 aliphatic carbocycles. The van der Waals surface area contributed by atoms with Gasteiger partial charge in [0.2, 0.25) is 10.0 Å². The standard InChI is InChI=1S/C15H15BrCl2N2O3S2/c1-23-11-5-3-2-4-10(11)19-6-8-20(9-7-19)25(21,22)13-12(16)14(17)24-15(13)18/h2-5H,6-9H2,1H3. The molecule has 0 amide bonds. The first-order chi connectivity index (χ1) is 11.9. The molecule has 1 aliphatic rings. The SMILES string of the molecule is COc1ccccc1N1CCN(S(=O)(=O)c2c(Cl)sc(Cl)c2Br)CC1. The van der Waals surface area contributed by atoms with Crippen LogP contribution in [0.2, 0.25) is 8.67 Å². The number of nitrogens with zero attached hydrogens (tertiary/aromatic N) is 2. The van der Waals surface area contributed by atoms with E-state index in [2.05, 4.69) is 20.8 Å². The molecule has 3 rings (SSSR count). The van der Waals surface area contributed by atoms with Crippen molar-refractivity contribution < 1.29 is 13.2 Å². The third-order valence-corrected chi connectivity index (χ3v) is 9.36. The van der Waals surface area contributed by atoms with Crippen LogP contribution in [0.3, 0.4) is 0 Å².